The molecule has 0 spiro atoms. The Morgan fingerprint density at radius 1 is 1.38 bits per heavy atom. The lowest BCUT2D eigenvalue weighted by Gasteiger charge is -2.39. The van der Waals surface area contributed by atoms with Crippen molar-refractivity contribution in [2.75, 3.05) is 13.1 Å². The summed E-state index contributed by atoms with van der Waals surface area (Å²) >= 11 is 0. The van der Waals surface area contributed by atoms with E-state index in [1.165, 1.54) is 25.7 Å². The summed E-state index contributed by atoms with van der Waals surface area (Å²) in [6.07, 6.45) is 6.19. The van der Waals surface area contributed by atoms with E-state index < -0.39 is 5.60 Å². The van der Waals surface area contributed by atoms with Crippen molar-refractivity contribution in [3.8, 4) is 0 Å². The molecule has 0 amide bonds. The molecule has 1 saturated carbocycles. The van der Waals surface area contributed by atoms with Gasteiger partial charge in [0, 0.05) is 18.6 Å². The third kappa shape index (κ3) is 3.19. The molecule has 3 heteroatoms. The van der Waals surface area contributed by atoms with Gasteiger partial charge in [-0.2, -0.15) is 0 Å². The Bertz CT molecular complexity index is 226. The summed E-state index contributed by atoms with van der Waals surface area (Å²) in [5, 5.41) is 17.4. The highest BCUT2D eigenvalue weighted by Crippen LogP contribution is 2.26. The van der Waals surface area contributed by atoms with Gasteiger partial charge in [0.05, 0.1) is 5.60 Å². The van der Waals surface area contributed by atoms with Gasteiger partial charge in [-0.05, 0) is 45.1 Å². The van der Waals surface area contributed by atoms with Gasteiger partial charge in [0.25, 0.3) is 0 Å². The Morgan fingerprint density at radius 2 is 2.12 bits per heavy atom. The number of nitrogens with one attached hydrogen (secondary N) is 2. The normalized spacial score (nSPS) is 34.7. The van der Waals surface area contributed by atoms with E-state index in [0.717, 1.165) is 25.4 Å². The van der Waals surface area contributed by atoms with Crippen LogP contribution in [0.25, 0.3) is 0 Å². The molecule has 16 heavy (non-hydrogen) atoms. The Balaban J connectivity index is 1.82. The molecular weight excluding hydrogens is 200 g/mol. The average Bonchev–Trinajstić information content (AvgIpc) is 3.10. The van der Waals surface area contributed by atoms with Crippen LogP contribution in [0.4, 0.5) is 0 Å². The number of rotatable bonds is 5. The van der Waals surface area contributed by atoms with Crippen LogP contribution in [-0.4, -0.2) is 35.9 Å². The van der Waals surface area contributed by atoms with Crippen LogP contribution < -0.4 is 10.6 Å². The van der Waals surface area contributed by atoms with E-state index in [2.05, 4.69) is 17.6 Å². The molecule has 0 aromatic carbocycles. The summed E-state index contributed by atoms with van der Waals surface area (Å²) in [5.74, 6) is 0.790. The van der Waals surface area contributed by atoms with Crippen molar-refractivity contribution in [1.29, 1.82) is 0 Å². The second kappa shape index (κ2) is 5.03. The van der Waals surface area contributed by atoms with Gasteiger partial charge in [-0.3, -0.25) is 0 Å². The van der Waals surface area contributed by atoms with Crippen molar-refractivity contribution in [3.63, 3.8) is 0 Å². The molecule has 1 aliphatic carbocycles. The SMILES string of the molecule is CCC1CCNC(C(C)(O)CNC2CC2)C1. The van der Waals surface area contributed by atoms with Gasteiger partial charge >= 0.3 is 0 Å². The molecule has 2 aliphatic rings. The molecule has 0 aromatic rings. The van der Waals surface area contributed by atoms with Crippen molar-refractivity contribution >= 4 is 0 Å². The van der Waals surface area contributed by atoms with E-state index >= 15 is 0 Å². The van der Waals surface area contributed by atoms with Gasteiger partial charge in [0.2, 0.25) is 0 Å². The Hall–Kier alpha value is -0.120. The third-order valence-corrected chi connectivity index (χ3v) is 4.17. The van der Waals surface area contributed by atoms with E-state index in [4.69, 9.17) is 0 Å². The van der Waals surface area contributed by atoms with Crippen molar-refractivity contribution in [2.24, 2.45) is 5.92 Å². The summed E-state index contributed by atoms with van der Waals surface area (Å²) in [6.45, 7) is 6.01. The third-order valence-electron chi connectivity index (χ3n) is 4.17. The predicted octanol–water partition coefficient (Wildman–Crippen LogP) is 1.27. The summed E-state index contributed by atoms with van der Waals surface area (Å²) in [4.78, 5) is 0. The largest absolute Gasteiger partial charge is 0.387 e. The monoisotopic (exact) mass is 226 g/mol. The van der Waals surface area contributed by atoms with Gasteiger partial charge in [-0.15, -0.1) is 0 Å². The maximum absolute atomic E-state index is 10.5. The maximum atomic E-state index is 10.5. The molecule has 3 atom stereocenters. The Kier molecular flexibility index (Phi) is 3.88. The number of piperidine rings is 1. The zero-order chi connectivity index (χ0) is 11.6. The maximum Gasteiger partial charge on any atom is 0.0895 e. The molecule has 2 rings (SSSR count). The lowest BCUT2D eigenvalue weighted by atomic mass is 9.82. The van der Waals surface area contributed by atoms with Gasteiger partial charge in [0.1, 0.15) is 0 Å². The van der Waals surface area contributed by atoms with E-state index in [9.17, 15) is 5.11 Å². The minimum atomic E-state index is -0.601. The molecule has 1 heterocycles. The molecule has 0 radical (unpaired) electrons. The summed E-state index contributed by atoms with van der Waals surface area (Å²) in [5.41, 5.74) is -0.601. The standard InChI is InChI=1S/C13H26N2O/c1-3-10-6-7-14-12(8-10)13(2,16)9-15-11-4-5-11/h10-12,14-16H,3-9H2,1-2H3. The molecule has 3 nitrogen and oxygen atoms in total. The zero-order valence-electron chi connectivity index (χ0n) is 10.6. The Morgan fingerprint density at radius 3 is 2.75 bits per heavy atom. The van der Waals surface area contributed by atoms with E-state index in [1.54, 1.807) is 0 Å². The lowest BCUT2D eigenvalue weighted by molar-refractivity contribution is 0.00188. The van der Waals surface area contributed by atoms with Crippen LogP contribution in [0.1, 0.15) is 46.0 Å². The number of aliphatic hydroxyl groups is 1. The highest BCUT2D eigenvalue weighted by Gasteiger charge is 2.36. The van der Waals surface area contributed by atoms with Crippen LogP contribution in [-0.2, 0) is 0 Å². The molecule has 94 valence electrons. The van der Waals surface area contributed by atoms with Crippen LogP contribution in [0, 0.1) is 5.92 Å². The quantitative estimate of drug-likeness (QED) is 0.661. The van der Waals surface area contributed by atoms with Crippen LogP contribution in [0.15, 0.2) is 0 Å². The predicted molar refractivity (Wildman–Crippen MR) is 66.5 cm³/mol. The van der Waals surface area contributed by atoms with Crippen molar-refractivity contribution in [1.82, 2.24) is 10.6 Å². The zero-order valence-corrected chi connectivity index (χ0v) is 10.6. The smallest absolute Gasteiger partial charge is 0.0895 e. The van der Waals surface area contributed by atoms with Crippen molar-refractivity contribution in [3.05, 3.63) is 0 Å². The first-order valence-electron chi connectivity index (χ1n) is 6.81. The van der Waals surface area contributed by atoms with Gasteiger partial charge < -0.3 is 15.7 Å². The Labute approximate surface area is 99.0 Å². The van der Waals surface area contributed by atoms with Crippen LogP contribution in [0.3, 0.4) is 0 Å². The van der Waals surface area contributed by atoms with E-state index in [-0.39, 0.29) is 6.04 Å². The minimum Gasteiger partial charge on any atom is -0.387 e. The molecule has 1 saturated heterocycles. The van der Waals surface area contributed by atoms with Crippen molar-refractivity contribution < 1.29 is 5.11 Å². The summed E-state index contributed by atoms with van der Waals surface area (Å²) in [6, 6.07) is 0.939. The topological polar surface area (TPSA) is 44.3 Å². The van der Waals surface area contributed by atoms with Gasteiger partial charge in [-0.1, -0.05) is 13.3 Å². The molecule has 3 N–H and O–H groups in total. The number of hydrogen-bond donors (Lipinski definition) is 3. The van der Waals surface area contributed by atoms with Crippen LogP contribution >= 0.6 is 0 Å². The molecule has 3 unspecified atom stereocenters. The van der Waals surface area contributed by atoms with Gasteiger partial charge in [-0.25, -0.2) is 0 Å². The molecule has 2 fully saturated rings. The fourth-order valence-electron chi connectivity index (χ4n) is 2.60. The summed E-state index contributed by atoms with van der Waals surface area (Å²) < 4.78 is 0. The fourth-order valence-corrected chi connectivity index (χ4v) is 2.60. The molecule has 0 aromatic heterocycles. The minimum absolute atomic E-state index is 0.262. The van der Waals surface area contributed by atoms with Crippen molar-refractivity contribution in [2.45, 2.75) is 63.6 Å². The molecular formula is C13H26N2O. The first kappa shape index (κ1) is 12.3. The van der Waals surface area contributed by atoms with E-state index in [0.29, 0.717) is 6.04 Å². The lowest BCUT2D eigenvalue weighted by Crippen LogP contribution is -2.57. The van der Waals surface area contributed by atoms with Crippen LogP contribution in [0.2, 0.25) is 0 Å². The first-order chi connectivity index (χ1) is 7.62. The highest BCUT2D eigenvalue weighted by molar-refractivity contribution is 4.95. The molecule has 1 aliphatic heterocycles. The van der Waals surface area contributed by atoms with Gasteiger partial charge in [0.15, 0.2) is 0 Å². The second-order valence-electron chi connectivity index (χ2n) is 5.82. The van der Waals surface area contributed by atoms with Crippen LogP contribution in [0.5, 0.6) is 0 Å². The number of hydrogen-bond acceptors (Lipinski definition) is 3. The first-order valence-corrected chi connectivity index (χ1v) is 6.81. The fraction of sp³-hybridized carbons (Fsp3) is 1.00. The average molecular weight is 226 g/mol. The second-order valence-corrected chi connectivity index (χ2v) is 5.82. The van der Waals surface area contributed by atoms with E-state index in [1.807, 2.05) is 6.92 Å². The summed E-state index contributed by atoms with van der Waals surface area (Å²) in [7, 11) is 0. The highest BCUT2D eigenvalue weighted by atomic mass is 16.3. The molecule has 0 bridgehead atoms.